The van der Waals surface area contributed by atoms with E-state index in [-0.39, 0.29) is 0 Å². The first-order valence-corrected chi connectivity index (χ1v) is 9.86. The molecule has 1 N–H and O–H groups in total. The van der Waals surface area contributed by atoms with Gasteiger partial charge in [0.15, 0.2) is 0 Å². The minimum absolute atomic E-state index is 0.456. The molecule has 0 amide bonds. The van der Waals surface area contributed by atoms with Gasteiger partial charge in [0.2, 0.25) is 0 Å². The molecule has 3 rings (SSSR count). The Labute approximate surface area is 160 Å². The second-order valence-corrected chi connectivity index (χ2v) is 7.55. The van der Waals surface area contributed by atoms with Crippen molar-refractivity contribution in [1.29, 1.82) is 0 Å². The fourth-order valence-electron chi connectivity index (χ4n) is 3.34. The number of hydrogen-bond acceptors (Lipinski definition) is 2. The molecule has 0 unspecified atom stereocenters. The van der Waals surface area contributed by atoms with Crippen molar-refractivity contribution in [3.8, 4) is 5.75 Å². The summed E-state index contributed by atoms with van der Waals surface area (Å²) >= 11 is 12.4. The lowest BCUT2D eigenvalue weighted by atomic mass is 10.1. The Balaban J connectivity index is 1.64. The molecule has 0 radical (unpaired) electrons. The van der Waals surface area contributed by atoms with Gasteiger partial charge in [-0.05, 0) is 37.1 Å². The number of hydrogen-bond donors (Lipinski definition) is 1. The first kappa shape index (κ1) is 18.6. The van der Waals surface area contributed by atoms with Gasteiger partial charge in [-0.2, -0.15) is 0 Å². The third kappa shape index (κ3) is 5.64. The summed E-state index contributed by atoms with van der Waals surface area (Å²) in [6.07, 6.45) is 7.89. The summed E-state index contributed by atoms with van der Waals surface area (Å²) < 4.78 is 6.04. The van der Waals surface area contributed by atoms with Crippen LogP contribution in [0.4, 0.5) is 0 Å². The Morgan fingerprint density at radius 1 is 0.920 bits per heavy atom. The molecule has 4 heteroatoms. The Kier molecular flexibility index (Phi) is 7.03. The molecule has 0 atom stereocenters. The van der Waals surface area contributed by atoms with Crippen LogP contribution in [0.2, 0.25) is 10.0 Å². The van der Waals surface area contributed by atoms with Gasteiger partial charge in [0.25, 0.3) is 0 Å². The molecule has 2 aromatic rings. The van der Waals surface area contributed by atoms with E-state index >= 15 is 0 Å². The average molecular weight is 378 g/mol. The maximum Gasteiger partial charge on any atom is 0.124 e. The zero-order valence-electron chi connectivity index (χ0n) is 14.4. The van der Waals surface area contributed by atoms with Crippen LogP contribution >= 0.6 is 23.2 Å². The van der Waals surface area contributed by atoms with Crippen LogP contribution in [0.3, 0.4) is 0 Å². The Bertz CT molecular complexity index is 681. The van der Waals surface area contributed by atoms with Crippen molar-refractivity contribution >= 4 is 23.2 Å². The smallest absolute Gasteiger partial charge is 0.124 e. The van der Waals surface area contributed by atoms with Crippen LogP contribution in [0, 0.1) is 0 Å². The number of nitrogens with one attached hydrogen (secondary N) is 1. The molecule has 1 fully saturated rings. The summed E-state index contributed by atoms with van der Waals surface area (Å²) in [5, 5.41) is 5.16. The summed E-state index contributed by atoms with van der Waals surface area (Å²) in [6.45, 7) is 1.24. The van der Waals surface area contributed by atoms with Crippen molar-refractivity contribution in [1.82, 2.24) is 5.32 Å². The van der Waals surface area contributed by atoms with E-state index in [2.05, 4.69) is 5.32 Å². The van der Waals surface area contributed by atoms with Crippen LogP contribution in [-0.2, 0) is 13.2 Å². The lowest BCUT2D eigenvalue weighted by Crippen LogP contribution is -2.28. The normalized spacial score (nSPS) is 15.8. The van der Waals surface area contributed by atoms with Crippen LogP contribution in [0.25, 0.3) is 0 Å². The van der Waals surface area contributed by atoms with E-state index in [4.69, 9.17) is 27.9 Å². The van der Waals surface area contributed by atoms with Crippen LogP contribution in [0.1, 0.15) is 49.7 Å². The minimum Gasteiger partial charge on any atom is -0.489 e. The molecule has 134 valence electrons. The number of halogens is 2. The average Bonchev–Trinajstić information content (AvgIpc) is 2.89. The highest BCUT2D eigenvalue weighted by atomic mass is 35.5. The van der Waals surface area contributed by atoms with E-state index in [1.807, 2.05) is 42.5 Å². The molecule has 0 aliphatic heterocycles. The quantitative estimate of drug-likeness (QED) is 0.589. The predicted molar refractivity (Wildman–Crippen MR) is 106 cm³/mol. The van der Waals surface area contributed by atoms with Crippen molar-refractivity contribution in [2.24, 2.45) is 0 Å². The first-order valence-electron chi connectivity index (χ1n) is 9.10. The van der Waals surface area contributed by atoms with Gasteiger partial charge in [-0.15, -0.1) is 0 Å². The summed E-state index contributed by atoms with van der Waals surface area (Å²) in [7, 11) is 0. The van der Waals surface area contributed by atoms with E-state index in [9.17, 15) is 0 Å². The third-order valence-electron chi connectivity index (χ3n) is 4.80. The SMILES string of the molecule is Clc1ccc(OCc2ccccc2Cl)c(CNC2CCCCCC2)c1. The van der Waals surface area contributed by atoms with Gasteiger partial charge >= 0.3 is 0 Å². The summed E-state index contributed by atoms with van der Waals surface area (Å²) in [6, 6.07) is 14.2. The molecule has 25 heavy (non-hydrogen) atoms. The molecule has 0 bridgehead atoms. The largest absolute Gasteiger partial charge is 0.489 e. The number of ether oxygens (including phenoxy) is 1. The lowest BCUT2D eigenvalue weighted by molar-refractivity contribution is 0.301. The van der Waals surface area contributed by atoms with Gasteiger partial charge < -0.3 is 10.1 Å². The van der Waals surface area contributed by atoms with Crippen LogP contribution in [-0.4, -0.2) is 6.04 Å². The van der Waals surface area contributed by atoms with E-state index in [1.54, 1.807) is 0 Å². The van der Waals surface area contributed by atoms with Gasteiger partial charge in [0, 0.05) is 33.8 Å². The van der Waals surface area contributed by atoms with Crippen molar-refractivity contribution in [3.63, 3.8) is 0 Å². The monoisotopic (exact) mass is 377 g/mol. The van der Waals surface area contributed by atoms with Gasteiger partial charge in [-0.25, -0.2) is 0 Å². The van der Waals surface area contributed by atoms with Crippen molar-refractivity contribution < 1.29 is 4.74 Å². The maximum absolute atomic E-state index is 6.22. The standard InChI is InChI=1S/C21H25Cl2NO/c22-18-11-12-21(25-15-16-7-5-6-10-20(16)23)17(13-18)14-24-19-8-3-1-2-4-9-19/h5-7,10-13,19,24H,1-4,8-9,14-15H2. The van der Waals surface area contributed by atoms with Gasteiger partial charge in [0.05, 0.1) is 0 Å². The number of benzene rings is 2. The van der Waals surface area contributed by atoms with Crippen molar-refractivity contribution in [3.05, 3.63) is 63.6 Å². The third-order valence-corrected chi connectivity index (χ3v) is 5.40. The van der Waals surface area contributed by atoms with E-state index < -0.39 is 0 Å². The minimum atomic E-state index is 0.456. The molecule has 1 aliphatic carbocycles. The summed E-state index contributed by atoms with van der Waals surface area (Å²) in [5.41, 5.74) is 2.09. The molecule has 0 aromatic heterocycles. The molecule has 2 aromatic carbocycles. The lowest BCUT2D eigenvalue weighted by Gasteiger charge is -2.18. The fraction of sp³-hybridized carbons (Fsp3) is 0.429. The highest BCUT2D eigenvalue weighted by molar-refractivity contribution is 6.31. The van der Waals surface area contributed by atoms with Gasteiger partial charge in [0.1, 0.15) is 12.4 Å². The van der Waals surface area contributed by atoms with Crippen LogP contribution in [0.15, 0.2) is 42.5 Å². The highest BCUT2D eigenvalue weighted by Crippen LogP contribution is 2.26. The Morgan fingerprint density at radius 2 is 1.68 bits per heavy atom. The maximum atomic E-state index is 6.22. The summed E-state index contributed by atoms with van der Waals surface area (Å²) in [5.74, 6) is 0.866. The molecular weight excluding hydrogens is 353 g/mol. The number of rotatable bonds is 6. The fourth-order valence-corrected chi connectivity index (χ4v) is 3.72. The van der Waals surface area contributed by atoms with Crippen molar-refractivity contribution in [2.75, 3.05) is 0 Å². The molecule has 0 heterocycles. The van der Waals surface area contributed by atoms with Gasteiger partial charge in [-0.3, -0.25) is 0 Å². The van der Waals surface area contributed by atoms with E-state index in [0.717, 1.165) is 33.5 Å². The second-order valence-electron chi connectivity index (χ2n) is 6.70. The molecule has 1 saturated carbocycles. The van der Waals surface area contributed by atoms with Crippen LogP contribution in [0.5, 0.6) is 5.75 Å². The molecular formula is C21H25Cl2NO. The first-order chi connectivity index (χ1) is 12.2. The Morgan fingerprint density at radius 3 is 2.44 bits per heavy atom. The zero-order chi connectivity index (χ0) is 17.5. The van der Waals surface area contributed by atoms with E-state index in [1.165, 1.54) is 38.5 Å². The van der Waals surface area contributed by atoms with Crippen molar-refractivity contribution in [2.45, 2.75) is 57.7 Å². The topological polar surface area (TPSA) is 21.3 Å². The highest BCUT2D eigenvalue weighted by Gasteiger charge is 2.13. The van der Waals surface area contributed by atoms with E-state index in [0.29, 0.717) is 12.6 Å². The molecule has 2 nitrogen and oxygen atoms in total. The van der Waals surface area contributed by atoms with Crippen LogP contribution < -0.4 is 10.1 Å². The second kappa shape index (κ2) is 9.47. The summed E-state index contributed by atoms with van der Waals surface area (Å²) in [4.78, 5) is 0. The molecule has 1 aliphatic rings. The molecule has 0 spiro atoms. The zero-order valence-corrected chi connectivity index (χ0v) is 16.0. The molecule has 0 saturated heterocycles. The Hall–Kier alpha value is -1.22. The van der Waals surface area contributed by atoms with Gasteiger partial charge in [-0.1, -0.05) is 67.1 Å². The predicted octanol–water partition coefficient (Wildman–Crippen LogP) is 6.38.